The summed E-state index contributed by atoms with van der Waals surface area (Å²) in [5.41, 5.74) is 3.70. The van der Waals surface area contributed by atoms with Crippen LogP contribution in [0.4, 0.5) is 10.3 Å². The normalized spacial score (nSPS) is 14.2. The number of halogens is 1. The van der Waals surface area contributed by atoms with E-state index in [1.807, 2.05) is 41.3 Å². The van der Waals surface area contributed by atoms with Crippen LogP contribution in [0.15, 0.2) is 67.0 Å². The fourth-order valence-corrected chi connectivity index (χ4v) is 3.56. The molecule has 1 saturated heterocycles. The number of carbonyl (C=O) groups is 2. The monoisotopic (exact) mass is 447 g/mol. The van der Waals surface area contributed by atoms with Crippen LogP contribution in [0, 0.1) is 5.82 Å². The molecule has 1 fully saturated rings. The van der Waals surface area contributed by atoms with Crippen molar-refractivity contribution in [2.24, 2.45) is 0 Å². The molecule has 2 N–H and O–H groups in total. The molecule has 2 aromatic carbocycles. The molecule has 0 atom stereocenters. The quantitative estimate of drug-likeness (QED) is 0.270. The van der Waals surface area contributed by atoms with Gasteiger partial charge in [0.2, 0.25) is 5.95 Å². The first kappa shape index (κ1) is 22.1. The standard InChI is InChI=1S/C24H22FN5O3/c25-20-8-6-18(7-9-20)21(14-17-4-2-1-3-5-17)23(32)29-10-12-30(13-11-29)24-26-15-19(16-27-24)22(31)28-33/h1-9,14-16,33H,10-13H2,(H,28,31). The summed E-state index contributed by atoms with van der Waals surface area (Å²) in [6.45, 7) is 1.93. The number of rotatable bonds is 5. The van der Waals surface area contributed by atoms with Gasteiger partial charge >= 0.3 is 0 Å². The van der Waals surface area contributed by atoms with E-state index in [9.17, 15) is 14.0 Å². The zero-order valence-corrected chi connectivity index (χ0v) is 17.7. The van der Waals surface area contributed by atoms with E-state index in [1.165, 1.54) is 24.5 Å². The Kier molecular flexibility index (Phi) is 6.70. The van der Waals surface area contributed by atoms with Crippen molar-refractivity contribution in [3.05, 3.63) is 89.5 Å². The maximum absolute atomic E-state index is 13.5. The van der Waals surface area contributed by atoms with Crippen LogP contribution in [0.1, 0.15) is 21.5 Å². The first-order valence-corrected chi connectivity index (χ1v) is 10.4. The lowest BCUT2D eigenvalue weighted by Gasteiger charge is -2.35. The van der Waals surface area contributed by atoms with Crippen LogP contribution in [0.2, 0.25) is 0 Å². The van der Waals surface area contributed by atoms with Gasteiger partial charge in [-0.2, -0.15) is 0 Å². The number of nitrogens with one attached hydrogen (secondary N) is 1. The topological polar surface area (TPSA) is 98.7 Å². The van der Waals surface area contributed by atoms with Gasteiger partial charge in [0, 0.05) is 44.1 Å². The molecule has 0 radical (unpaired) electrons. The maximum atomic E-state index is 13.5. The largest absolute Gasteiger partial charge is 0.337 e. The van der Waals surface area contributed by atoms with E-state index in [0.29, 0.717) is 43.3 Å². The van der Waals surface area contributed by atoms with Crippen molar-refractivity contribution in [2.75, 3.05) is 31.1 Å². The number of anilines is 1. The number of hydroxylamine groups is 1. The number of aromatic nitrogens is 2. The minimum atomic E-state index is -0.685. The van der Waals surface area contributed by atoms with Crippen LogP contribution in [-0.2, 0) is 4.79 Å². The number of carbonyl (C=O) groups excluding carboxylic acids is 2. The van der Waals surface area contributed by atoms with Gasteiger partial charge in [0.15, 0.2) is 0 Å². The summed E-state index contributed by atoms with van der Waals surface area (Å²) < 4.78 is 13.5. The fourth-order valence-electron chi connectivity index (χ4n) is 3.56. The van der Waals surface area contributed by atoms with Crippen LogP contribution in [-0.4, -0.2) is 58.1 Å². The van der Waals surface area contributed by atoms with E-state index in [0.717, 1.165) is 5.56 Å². The number of amides is 2. The van der Waals surface area contributed by atoms with Crippen molar-refractivity contribution in [3.63, 3.8) is 0 Å². The zero-order valence-electron chi connectivity index (χ0n) is 17.7. The number of benzene rings is 2. The smallest absolute Gasteiger partial charge is 0.277 e. The van der Waals surface area contributed by atoms with Crippen molar-refractivity contribution in [2.45, 2.75) is 0 Å². The highest BCUT2D eigenvalue weighted by Gasteiger charge is 2.25. The lowest BCUT2D eigenvalue weighted by atomic mass is 10.0. The number of piperazine rings is 1. The van der Waals surface area contributed by atoms with Gasteiger partial charge in [0.05, 0.1) is 5.56 Å². The first-order valence-electron chi connectivity index (χ1n) is 10.4. The molecular formula is C24H22FN5O3. The fraction of sp³-hybridized carbons (Fsp3) is 0.167. The highest BCUT2D eigenvalue weighted by Crippen LogP contribution is 2.23. The summed E-state index contributed by atoms with van der Waals surface area (Å²) in [7, 11) is 0. The molecule has 9 heteroatoms. The summed E-state index contributed by atoms with van der Waals surface area (Å²) in [4.78, 5) is 36.9. The first-order chi connectivity index (χ1) is 16.0. The van der Waals surface area contributed by atoms with Crippen LogP contribution in [0.25, 0.3) is 11.6 Å². The van der Waals surface area contributed by atoms with Crippen molar-refractivity contribution >= 4 is 29.4 Å². The molecule has 3 aromatic rings. The van der Waals surface area contributed by atoms with Crippen molar-refractivity contribution in [3.8, 4) is 0 Å². The van der Waals surface area contributed by atoms with E-state index < -0.39 is 5.91 Å². The molecule has 33 heavy (non-hydrogen) atoms. The second-order valence-corrected chi connectivity index (χ2v) is 7.47. The maximum Gasteiger partial charge on any atom is 0.277 e. The van der Waals surface area contributed by atoms with Gasteiger partial charge < -0.3 is 9.80 Å². The number of hydrogen-bond donors (Lipinski definition) is 2. The molecule has 0 bridgehead atoms. The van der Waals surface area contributed by atoms with E-state index in [-0.39, 0.29) is 17.3 Å². The Hall–Kier alpha value is -4.11. The Bertz CT molecular complexity index is 1140. The Labute approximate surface area is 190 Å². The minimum Gasteiger partial charge on any atom is -0.337 e. The van der Waals surface area contributed by atoms with Gasteiger partial charge in [-0.1, -0.05) is 42.5 Å². The molecule has 0 unspecified atom stereocenters. The predicted molar refractivity (Wildman–Crippen MR) is 121 cm³/mol. The van der Waals surface area contributed by atoms with Gasteiger partial charge in [0.1, 0.15) is 5.82 Å². The Morgan fingerprint density at radius 2 is 1.55 bits per heavy atom. The lowest BCUT2D eigenvalue weighted by molar-refractivity contribution is -0.125. The summed E-state index contributed by atoms with van der Waals surface area (Å²) in [6.07, 6.45) is 4.48. The average molecular weight is 447 g/mol. The van der Waals surface area contributed by atoms with Gasteiger partial charge in [-0.25, -0.2) is 19.8 Å². The Morgan fingerprint density at radius 1 is 0.909 bits per heavy atom. The third-order valence-electron chi connectivity index (χ3n) is 5.35. The summed E-state index contributed by atoms with van der Waals surface area (Å²) in [6, 6.07) is 15.4. The Balaban J connectivity index is 1.50. The molecule has 1 aliphatic rings. The molecule has 2 amide bonds. The van der Waals surface area contributed by atoms with Gasteiger partial charge in [-0.05, 0) is 29.3 Å². The second-order valence-electron chi connectivity index (χ2n) is 7.47. The number of nitrogens with zero attached hydrogens (tertiary/aromatic N) is 4. The molecular weight excluding hydrogens is 425 g/mol. The predicted octanol–water partition coefficient (Wildman–Crippen LogP) is 2.62. The molecule has 8 nitrogen and oxygen atoms in total. The van der Waals surface area contributed by atoms with Crippen molar-refractivity contribution in [1.82, 2.24) is 20.3 Å². The third kappa shape index (κ3) is 5.21. The second kappa shape index (κ2) is 10.0. The van der Waals surface area contributed by atoms with Crippen LogP contribution >= 0.6 is 0 Å². The molecule has 2 heterocycles. The van der Waals surface area contributed by atoms with E-state index in [2.05, 4.69) is 9.97 Å². The molecule has 168 valence electrons. The van der Waals surface area contributed by atoms with Crippen molar-refractivity contribution < 1.29 is 19.2 Å². The lowest BCUT2D eigenvalue weighted by Crippen LogP contribution is -2.49. The van der Waals surface area contributed by atoms with Crippen LogP contribution in [0.3, 0.4) is 0 Å². The van der Waals surface area contributed by atoms with Gasteiger partial charge in [-0.3, -0.25) is 14.8 Å². The third-order valence-corrected chi connectivity index (χ3v) is 5.35. The summed E-state index contributed by atoms with van der Waals surface area (Å²) >= 11 is 0. The SMILES string of the molecule is O=C(NO)c1cnc(N2CCN(C(=O)C(=Cc3ccccc3)c3ccc(F)cc3)CC2)nc1. The summed E-state index contributed by atoms with van der Waals surface area (Å²) in [5, 5.41) is 8.70. The van der Waals surface area contributed by atoms with Crippen molar-refractivity contribution in [1.29, 1.82) is 0 Å². The minimum absolute atomic E-state index is 0.138. The molecule has 0 spiro atoms. The Morgan fingerprint density at radius 3 is 2.15 bits per heavy atom. The zero-order chi connectivity index (χ0) is 23.2. The van der Waals surface area contributed by atoms with Gasteiger partial charge in [-0.15, -0.1) is 0 Å². The molecule has 1 aliphatic heterocycles. The van der Waals surface area contributed by atoms with Crippen LogP contribution in [0.5, 0.6) is 0 Å². The van der Waals surface area contributed by atoms with Gasteiger partial charge in [0.25, 0.3) is 11.8 Å². The highest BCUT2D eigenvalue weighted by atomic mass is 19.1. The van der Waals surface area contributed by atoms with E-state index in [1.54, 1.807) is 22.5 Å². The number of hydrogen-bond acceptors (Lipinski definition) is 6. The average Bonchev–Trinajstić information content (AvgIpc) is 2.88. The summed E-state index contributed by atoms with van der Waals surface area (Å²) in [5.74, 6) is -0.743. The molecule has 0 aliphatic carbocycles. The van der Waals surface area contributed by atoms with E-state index >= 15 is 0 Å². The van der Waals surface area contributed by atoms with E-state index in [4.69, 9.17) is 5.21 Å². The molecule has 4 rings (SSSR count). The highest BCUT2D eigenvalue weighted by molar-refractivity contribution is 6.24. The van der Waals surface area contributed by atoms with Crippen LogP contribution < -0.4 is 10.4 Å². The molecule has 0 saturated carbocycles. The molecule has 1 aromatic heterocycles.